The number of fused-ring (bicyclic) bond motifs is 1. The Bertz CT molecular complexity index is 542. The van der Waals surface area contributed by atoms with Crippen molar-refractivity contribution in [2.45, 2.75) is 18.8 Å². The molecule has 18 heavy (non-hydrogen) atoms. The molecule has 1 saturated carbocycles. The second-order valence-corrected chi connectivity index (χ2v) is 5.03. The molecule has 1 aliphatic rings. The van der Waals surface area contributed by atoms with E-state index in [0.717, 1.165) is 30.4 Å². The molecule has 0 radical (unpaired) electrons. The molecule has 6 heteroatoms. The van der Waals surface area contributed by atoms with Crippen molar-refractivity contribution in [3.63, 3.8) is 0 Å². The average Bonchev–Trinajstić information content (AvgIpc) is 3.09. The molecule has 6 nitrogen and oxygen atoms in total. The van der Waals surface area contributed by atoms with Gasteiger partial charge in [-0.3, -0.25) is 4.40 Å². The molecule has 1 fully saturated rings. The Morgan fingerprint density at radius 2 is 2.22 bits per heavy atom. The monoisotopic (exact) mass is 246 g/mol. The Morgan fingerprint density at radius 1 is 1.39 bits per heavy atom. The molecule has 0 atom stereocenters. The second-order valence-electron chi connectivity index (χ2n) is 5.03. The smallest absolute Gasteiger partial charge is 0.203 e. The van der Waals surface area contributed by atoms with Crippen LogP contribution in [0.15, 0.2) is 12.4 Å². The van der Waals surface area contributed by atoms with Crippen molar-refractivity contribution in [2.24, 2.45) is 0 Å². The van der Waals surface area contributed by atoms with E-state index >= 15 is 0 Å². The van der Waals surface area contributed by atoms with Gasteiger partial charge in [0.05, 0.1) is 0 Å². The van der Waals surface area contributed by atoms with Crippen LogP contribution < -0.4 is 5.32 Å². The van der Waals surface area contributed by atoms with E-state index in [0.29, 0.717) is 5.92 Å². The maximum Gasteiger partial charge on any atom is 0.203 e. The molecule has 96 valence electrons. The molecule has 2 aromatic heterocycles. The number of nitrogens with one attached hydrogen (secondary N) is 1. The van der Waals surface area contributed by atoms with Crippen LogP contribution in [0.1, 0.15) is 24.6 Å². The summed E-state index contributed by atoms with van der Waals surface area (Å²) in [7, 11) is 4.11. The lowest BCUT2D eigenvalue weighted by Crippen LogP contribution is -2.21. The number of likely N-dealkylation sites (N-methyl/N-ethyl adjacent to an activating group) is 1. The third-order valence-electron chi connectivity index (χ3n) is 3.15. The van der Waals surface area contributed by atoms with Crippen molar-refractivity contribution in [2.75, 3.05) is 32.5 Å². The highest BCUT2D eigenvalue weighted by Crippen LogP contribution is 2.39. The Labute approximate surface area is 106 Å². The Kier molecular flexibility index (Phi) is 2.87. The maximum absolute atomic E-state index is 4.34. The number of hydrogen-bond donors (Lipinski definition) is 1. The van der Waals surface area contributed by atoms with E-state index in [2.05, 4.69) is 43.9 Å². The van der Waals surface area contributed by atoms with Crippen molar-refractivity contribution in [1.82, 2.24) is 24.5 Å². The van der Waals surface area contributed by atoms with Crippen LogP contribution in [-0.4, -0.2) is 51.7 Å². The minimum atomic E-state index is 0.594. The topological polar surface area (TPSA) is 58.4 Å². The molecule has 0 saturated heterocycles. The molecule has 3 rings (SSSR count). The number of nitrogens with zero attached hydrogens (tertiary/aromatic N) is 5. The van der Waals surface area contributed by atoms with Crippen LogP contribution in [0, 0.1) is 0 Å². The predicted molar refractivity (Wildman–Crippen MR) is 69.8 cm³/mol. The van der Waals surface area contributed by atoms with E-state index in [1.165, 1.54) is 12.8 Å². The maximum atomic E-state index is 4.34. The first-order chi connectivity index (χ1) is 8.75. The van der Waals surface area contributed by atoms with Gasteiger partial charge in [0.15, 0.2) is 5.82 Å². The summed E-state index contributed by atoms with van der Waals surface area (Å²) in [4.78, 5) is 6.48. The van der Waals surface area contributed by atoms with Gasteiger partial charge < -0.3 is 10.2 Å². The van der Waals surface area contributed by atoms with E-state index in [1.54, 1.807) is 6.20 Å². The van der Waals surface area contributed by atoms with Gasteiger partial charge in [0.2, 0.25) is 5.65 Å². The van der Waals surface area contributed by atoms with Crippen molar-refractivity contribution in [3.05, 3.63) is 18.2 Å². The Hall–Kier alpha value is -1.69. The predicted octanol–water partition coefficient (Wildman–Crippen LogP) is 0.975. The molecule has 0 bridgehead atoms. The summed E-state index contributed by atoms with van der Waals surface area (Å²) in [5.74, 6) is 2.49. The normalized spacial score (nSPS) is 15.5. The molecule has 0 aromatic carbocycles. The SMILES string of the molecule is CN(C)CCNc1nccn2c(C3CC3)nnc12. The van der Waals surface area contributed by atoms with E-state index in [9.17, 15) is 0 Å². The standard InChI is InChI=1S/C12H18N6/c1-17(2)7-5-13-10-12-16-15-11(9-3-4-9)18(12)8-6-14-10/h6,8-9H,3-5,7H2,1-2H3,(H,13,14). The van der Waals surface area contributed by atoms with Gasteiger partial charge in [0.25, 0.3) is 0 Å². The molecule has 1 aliphatic carbocycles. The molecule has 1 N–H and O–H groups in total. The van der Waals surface area contributed by atoms with Gasteiger partial charge in [-0.15, -0.1) is 10.2 Å². The lowest BCUT2D eigenvalue weighted by Gasteiger charge is -2.10. The third-order valence-corrected chi connectivity index (χ3v) is 3.15. The molecule has 0 amide bonds. The quantitative estimate of drug-likeness (QED) is 0.852. The molecular formula is C12H18N6. The fourth-order valence-electron chi connectivity index (χ4n) is 1.99. The summed E-state index contributed by atoms with van der Waals surface area (Å²) in [5.41, 5.74) is 0.832. The highest BCUT2D eigenvalue weighted by Gasteiger charge is 2.29. The van der Waals surface area contributed by atoms with Crippen molar-refractivity contribution < 1.29 is 0 Å². The van der Waals surface area contributed by atoms with E-state index in [1.807, 2.05) is 6.20 Å². The summed E-state index contributed by atoms with van der Waals surface area (Å²) in [6, 6.07) is 0. The molecule has 0 unspecified atom stereocenters. The highest BCUT2D eigenvalue weighted by molar-refractivity contribution is 5.62. The fourth-order valence-corrected chi connectivity index (χ4v) is 1.99. The van der Waals surface area contributed by atoms with Crippen molar-refractivity contribution >= 4 is 11.5 Å². The molecule has 0 aliphatic heterocycles. The average molecular weight is 246 g/mol. The first kappa shape index (κ1) is 11.4. The highest BCUT2D eigenvalue weighted by atomic mass is 15.3. The number of rotatable bonds is 5. The largest absolute Gasteiger partial charge is 0.366 e. The molecular weight excluding hydrogens is 228 g/mol. The van der Waals surface area contributed by atoms with Crippen LogP contribution in [0.3, 0.4) is 0 Å². The van der Waals surface area contributed by atoms with E-state index < -0.39 is 0 Å². The lowest BCUT2D eigenvalue weighted by molar-refractivity contribution is 0.425. The first-order valence-corrected chi connectivity index (χ1v) is 6.34. The Balaban J connectivity index is 1.83. The number of hydrogen-bond acceptors (Lipinski definition) is 5. The van der Waals surface area contributed by atoms with Gasteiger partial charge in [-0.25, -0.2) is 4.98 Å². The zero-order valence-corrected chi connectivity index (χ0v) is 10.8. The van der Waals surface area contributed by atoms with E-state index in [4.69, 9.17) is 0 Å². The summed E-state index contributed by atoms with van der Waals surface area (Å²) in [6.45, 7) is 1.82. The van der Waals surface area contributed by atoms with Crippen LogP contribution in [-0.2, 0) is 0 Å². The summed E-state index contributed by atoms with van der Waals surface area (Å²) >= 11 is 0. The summed E-state index contributed by atoms with van der Waals surface area (Å²) in [5, 5.41) is 11.9. The van der Waals surface area contributed by atoms with Crippen LogP contribution in [0.2, 0.25) is 0 Å². The van der Waals surface area contributed by atoms with Crippen molar-refractivity contribution in [3.8, 4) is 0 Å². The van der Waals surface area contributed by atoms with Gasteiger partial charge in [0.1, 0.15) is 5.82 Å². The molecule has 2 heterocycles. The fraction of sp³-hybridized carbons (Fsp3) is 0.583. The van der Waals surface area contributed by atoms with Gasteiger partial charge in [-0.2, -0.15) is 0 Å². The van der Waals surface area contributed by atoms with Crippen LogP contribution >= 0.6 is 0 Å². The van der Waals surface area contributed by atoms with Gasteiger partial charge in [-0.05, 0) is 26.9 Å². The minimum Gasteiger partial charge on any atom is -0.366 e. The van der Waals surface area contributed by atoms with Crippen LogP contribution in [0.25, 0.3) is 5.65 Å². The van der Waals surface area contributed by atoms with E-state index in [-0.39, 0.29) is 0 Å². The summed E-state index contributed by atoms with van der Waals surface area (Å²) < 4.78 is 2.06. The third kappa shape index (κ3) is 2.15. The zero-order valence-electron chi connectivity index (χ0n) is 10.8. The van der Waals surface area contributed by atoms with Gasteiger partial charge >= 0.3 is 0 Å². The van der Waals surface area contributed by atoms with Gasteiger partial charge in [0, 0.05) is 31.4 Å². The molecule has 0 spiro atoms. The minimum absolute atomic E-state index is 0.594. The van der Waals surface area contributed by atoms with Crippen LogP contribution in [0.4, 0.5) is 5.82 Å². The first-order valence-electron chi connectivity index (χ1n) is 6.34. The number of anilines is 1. The second kappa shape index (κ2) is 4.53. The molecule has 2 aromatic rings. The van der Waals surface area contributed by atoms with Gasteiger partial charge in [-0.1, -0.05) is 0 Å². The summed E-state index contributed by atoms with van der Waals surface area (Å²) in [6.07, 6.45) is 6.21. The zero-order chi connectivity index (χ0) is 12.5. The number of aromatic nitrogens is 4. The lowest BCUT2D eigenvalue weighted by atomic mass is 10.4. The van der Waals surface area contributed by atoms with Crippen molar-refractivity contribution in [1.29, 1.82) is 0 Å². The van der Waals surface area contributed by atoms with Crippen LogP contribution in [0.5, 0.6) is 0 Å². The Morgan fingerprint density at radius 3 is 2.94 bits per heavy atom.